The van der Waals surface area contributed by atoms with Gasteiger partial charge >= 0.3 is 6.03 Å². The van der Waals surface area contributed by atoms with Crippen molar-refractivity contribution >= 4 is 35.3 Å². The third-order valence-electron chi connectivity index (χ3n) is 4.11. The third-order valence-corrected chi connectivity index (χ3v) is 4.75. The Bertz CT molecular complexity index is 655. The van der Waals surface area contributed by atoms with E-state index in [1.165, 1.54) is 5.56 Å². The van der Waals surface area contributed by atoms with E-state index in [2.05, 4.69) is 22.2 Å². The van der Waals surface area contributed by atoms with Crippen LogP contribution >= 0.6 is 11.8 Å². The molecule has 1 aromatic carbocycles. The fraction of sp³-hybridized carbons (Fsp3) is 0.471. The summed E-state index contributed by atoms with van der Waals surface area (Å²) in [5.74, 6) is -0.139. The molecule has 8 nitrogen and oxygen atoms in total. The van der Waals surface area contributed by atoms with Crippen molar-refractivity contribution in [3.63, 3.8) is 0 Å². The molecule has 0 spiro atoms. The lowest BCUT2D eigenvalue weighted by Gasteiger charge is -2.30. The number of nitrogens with zero attached hydrogens (tertiary/aromatic N) is 1. The third kappa shape index (κ3) is 5.83. The van der Waals surface area contributed by atoms with Gasteiger partial charge in [-0.15, -0.1) is 0 Å². The van der Waals surface area contributed by atoms with Crippen molar-refractivity contribution in [2.75, 3.05) is 30.0 Å². The normalized spacial score (nSPS) is 14.1. The average Bonchev–Trinajstić information content (AvgIpc) is 2.63. The largest absolute Gasteiger partial charge is 0.362 e. The van der Waals surface area contributed by atoms with Gasteiger partial charge in [0.2, 0.25) is 0 Å². The number of hydrogen-bond donors (Lipinski definition) is 4. The van der Waals surface area contributed by atoms with Crippen LogP contribution < -0.4 is 26.8 Å². The Labute approximate surface area is 157 Å². The number of nitrogens with two attached hydrogens (primary N) is 1. The summed E-state index contributed by atoms with van der Waals surface area (Å²) >= 11 is 1.55. The van der Waals surface area contributed by atoms with E-state index in [-0.39, 0.29) is 12.5 Å². The Balaban J connectivity index is 1.86. The van der Waals surface area contributed by atoms with Gasteiger partial charge in [-0.05, 0) is 42.9 Å². The fourth-order valence-electron chi connectivity index (χ4n) is 2.88. The van der Waals surface area contributed by atoms with Crippen molar-refractivity contribution < 1.29 is 14.4 Å². The highest BCUT2D eigenvalue weighted by atomic mass is 32.2. The SMILES string of the molecule is CSCC[C@H](NC(N)=O)C(=O)NNC(=O)CN1CCCc2ccccc21. The molecule has 142 valence electrons. The summed E-state index contributed by atoms with van der Waals surface area (Å²) in [4.78, 5) is 37.4. The number of primary amides is 1. The van der Waals surface area contributed by atoms with E-state index in [1.54, 1.807) is 11.8 Å². The van der Waals surface area contributed by atoms with E-state index >= 15 is 0 Å². The zero-order chi connectivity index (χ0) is 18.9. The maximum Gasteiger partial charge on any atom is 0.312 e. The fourth-order valence-corrected chi connectivity index (χ4v) is 3.35. The quantitative estimate of drug-likeness (QED) is 0.511. The van der Waals surface area contributed by atoms with E-state index < -0.39 is 18.0 Å². The molecule has 0 aromatic heterocycles. The Hall–Kier alpha value is -2.42. The molecule has 1 aromatic rings. The number of thioether (sulfide) groups is 1. The number of amides is 4. The van der Waals surface area contributed by atoms with Gasteiger partial charge in [-0.25, -0.2) is 4.79 Å². The number of carbonyl (C=O) groups excluding carboxylic acids is 3. The smallest absolute Gasteiger partial charge is 0.312 e. The molecule has 0 unspecified atom stereocenters. The topological polar surface area (TPSA) is 117 Å². The summed E-state index contributed by atoms with van der Waals surface area (Å²) in [6, 6.07) is 6.44. The van der Waals surface area contributed by atoms with Gasteiger partial charge in [0.15, 0.2) is 0 Å². The number of hydrogen-bond acceptors (Lipinski definition) is 5. The van der Waals surface area contributed by atoms with Crippen LogP contribution in [0.3, 0.4) is 0 Å². The summed E-state index contributed by atoms with van der Waals surface area (Å²) in [6.45, 7) is 0.938. The van der Waals surface area contributed by atoms with E-state index in [0.29, 0.717) is 12.2 Å². The van der Waals surface area contributed by atoms with Crippen LogP contribution in [0.4, 0.5) is 10.5 Å². The monoisotopic (exact) mass is 379 g/mol. The number of urea groups is 1. The minimum Gasteiger partial charge on any atom is -0.362 e. The van der Waals surface area contributed by atoms with Crippen LogP contribution in [0.2, 0.25) is 0 Å². The van der Waals surface area contributed by atoms with Gasteiger partial charge in [-0.1, -0.05) is 18.2 Å². The Morgan fingerprint density at radius 2 is 2.04 bits per heavy atom. The van der Waals surface area contributed by atoms with Gasteiger partial charge in [0.1, 0.15) is 6.04 Å². The van der Waals surface area contributed by atoms with Crippen molar-refractivity contribution in [1.82, 2.24) is 16.2 Å². The first-order valence-corrected chi connectivity index (χ1v) is 9.87. The lowest BCUT2D eigenvalue weighted by Crippen LogP contribution is -2.55. The van der Waals surface area contributed by atoms with Crippen LogP contribution in [0, 0.1) is 0 Å². The molecule has 0 bridgehead atoms. The van der Waals surface area contributed by atoms with E-state index in [1.807, 2.05) is 29.4 Å². The van der Waals surface area contributed by atoms with Crippen molar-refractivity contribution in [1.29, 1.82) is 0 Å². The van der Waals surface area contributed by atoms with Gasteiger partial charge < -0.3 is 16.0 Å². The van der Waals surface area contributed by atoms with E-state index in [9.17, 15) is 14.4 Å². The highest BCUT2D eigenvalue weighted by molar-refractivity contribution is 7.98. The molecule has 5 N–H and O–H groups in total. The van der Waals surface area contributed by atoms with Gasteiger partial charge in [-0.3, -0.25) is 20.4 Å². The molecule has 1 aliphatic heterocycles. The molecule has 1 aliphatic rings. The molecule has 0 saturated heterocycles. The van der Waals surface area contributed by atoms with Crippen molar-refractivity contribution in [3.05, 3.63) is 29.8 Å². The van der Waals surface area contributed by atoms with Gasteiger partial charge in [0.25, 0.3) is 11.8 Å². The van der Waals surface area contributed by atoms with Gasteiger partial charge in [-0.2, -0.15) is 11.8 Å². The van der Waals surface area contributed by atoms with Crippen LogP contribution in [-0.2, 0) is 16.0 Å². The van der Waals surface area contributed by atoms with Gasteiger partial charge in [0.05, 0.1) is 6.54 Å². The predicted octanol–water partition coefficient (Wildman–Crippen LogP) is 0.377. The molecule has 26 heavy (non-hydrogen) atoms. The lowest BCUT2D eigenvalue weighted by molar-refractivity contribution is -0.129. The maximum absolute atomic E-state index is 12.2. The second-order valence-corrected chi connectivity index (χ2v) is 7.02. The lowest BCUT2D eigenvalue weighted by atomic mass is 10.0. The molecule has 1 heterocycles. The van der Waals surface area contributed by atoms with Crippen LogP contribution in [0.25, 0.3) is 0 Å². The molecular formula is C17H25N5O3S. The summed E-state index contributed by atoms with van der Waals surface area (Å²) < 4.78 is 0. The number of benzene rings is 1. The van der Waals surface area contributed by atoms with Gasteiger partial charge in [0, 0.05) is 12.2 Å². The molecule has 0 saturated carbocycles. The first-order chi connectivity index (χ1) is 12.5. The highest BCUT2D eigenvalue weighted by Crippen LogP contribution is 2.26. The highest BCUT2D eigenvalue weighted by Gasteiger charge is 2.21. The zero-order valence-corrected chi connectivity index (χ0v) is 15.6. The average molecular weight is 379 g/mol. The standard InChI is InChI=1S/C17H25N5O3S/c1-26-10-8-13(19-17(18)25)16(24)21-20-15(23)11-22-9-4-6-12-5-2-3-7-14(12)22/h2-3,5,7,13H,4,6,8-11H2,1H3,(H,20,23)(H,21,24)(H3,18,19,25)/t13-/m0/s1. The van der Waals surface area contributed by atoms with Crippen LogP contribution in [0.5, 0.6) is 0 Å². The Kier molecular flexibility index (Phi) is 7.58. The number of hydrazine groups is 1. The summed E-state index contributed by atoms with van der Waals surface area (Å²) in [6.07, 6.45) is 4.31. The zero-order valence-electron chi connectivity index (χ0n) is 14.8. The van der Waals surface area contributed by atoms with Crippen LogP contribution in [-0.4, -0.2) is 49.0 Å². The van der Waals surface area contributed by atoms with Crippen LogP contribution in [0.15, 0.2) is 24.3 Å². The Morgan fingerprint density at radius 1 is 1.27 bits per heavy atom. The summed E-state index contributed by atoms with van der Waals surface area (Å²) in [5.41, 5.74) is 12.1. The molecular weight excluding hydrogens is 354 g/mol. The second-order valence-electron chi connectivity index (χ2n) is 6.03. The first kappa shape index (κ1) is 19.9. The number of carbonyl (C=O) groups is 3. The molecule has 4 amide bonds. The number of anilines is 1. The summed E-state index contributed by atoms with van der Waals surface area (Å²) in [5, 5.41) is 2.38. The second kappa shape index (κ2) is 9.91. The molecule has 9 heteroatoms. The molecule has 0 fully saturated rings. The van der Waals surface area contributed by atoms with Crippen LogP contribution in [0.1, 0.15) is 18.4 Å². The number of nitrogens with one attached hydrogen (secondary N) is 3. The maximum atomic E-state index is 12.2. The minimum atomic E-state index is -0.782. The van der Waals surface area contributed by atoms with E-state index in [0.717, 1.165) is 25.1 Å². The van der Waals surface area contributed by atoms with E-state index in [4.69, 9.17) is 5.73 Å². The van der Waals surface area contributed by atoms with Crippen molar-refractivity contribution in [2.45, 2.75) is 25.3 Å². The van der Waals surface area contributed by atoms with Crippen molar-refractivity contribution in [2.24, 2.45) is 5.73 Å². The molecule has 1 atom stereocenters. The Morgan fingerprint density at radius 3 is 2.77 bits per heavy atom. The minimum absolute atomic E-state index is 0.149. The number of rotatable bonds is 7. The number of fused-ring (bicyclic) bond motifs is 1. The molecule has 0 radical (unpaired) electrons. The molecule has 2 rings (SSSR count). The van der Waals surface area contributed by atoms with Crippen molar-refractivity contribution in [3.8, 4) is 0 Å². The first-order valence-electron chi connectivity index (χ1n) is 8.47. The number of aryl methyl sites for hydroxylation is 1. The molecule has 0 aliphatic carbocycles. The predicted molar refractivity (Wildman–Crippen MR) is 103 cm³/mol. The summed E-state index contributed by atoms with van der Waals surface area (Å²) in [7, 11) is 0. The number of para-hydroxylation sites is 1.